The van der Waals surface area contributed by atoms with E-state index in [2.05, 4.69) is 15.4 Å². The summed E-state index contributed by atoms with van der Waals surface area (Å²) in [5.41, 5.74) is 1.30. The maximum absolute atomic E-state index is 13.7. The van der Waals surface area contributed by atoms with Crippen LogP contribution in [0.1, 0.15) is 71.9 Å². The maximum Gasteiger partial charge on any atom is 0.311 e. The van der Waals surface area contributed by atoms with Gasteiger partial charge >= 0.3 is 5.97 Å². The molecule has 11 heteroatoms. The van der Waals surface area contributed by atoms with Crippen molar-refractivity contribution >= 4 is 11.9 Å². The van der Waals surface area contributed by atoms with Gasteiger partial charge in [-0.2, -0.15) is 5.10 Å². The van der Waals surface area contributed by atoms with Crippen LogP contribution in [-0.4, -0.2) is 38.7 Å². The van der Waals surface area contributed by atoms with Crippen LogP contribution < -0.4 is 14.8 Å². The minimum Gasteiger partial charge on any atom is -0.493 e. The Kier molecular flexibility index (Phi) is 8.83. The van der Waals surface area contributed by atoms with Gasteiger partial charge in [0.15, 0.2) is 17.3 Å². The molecule has 0 unspecified atom stereocenters. The molecule has 0 saturated heterocycles. The van der Waals surface area contributed by atoms with Crippen molar-refractivity contribution in [1.82, 2.24) is 25.1 Å². The largest absolute Gasteiger partial charge is 0.493 e. The first-order valence-corrected chi connectivity index (χ1v) is 12.7. The van der Waals surface area contributed by atoms with Crippen LogP contribution in [0.15, 0.2) is 60.8 Å². The number of carbonyl (C=O) groups is 2. The predicted octanol–water partition coefficient (Wildman–Crippen LogP) is 4.87. The van der Waals surface area contributed by atoms with Gasteiger partial charge in [-0.05, 0) is 48.7 Å². The monoisotopic (exact) mass is 549 g/mol. The highest BCUT2D eigenvalue weighted by atomic mass is 19.1. The third kappa shape index (κ3) is 6.31. The Morgan fingerprint density at radius 1 is 1.00 bits per heavy atom. The number of esters is 1. The molecule has 0 aliphatic heterocycles. The molecule has 208 valence electrons. The molecule has 0 aliphatic carbocycles. The van der Waals surface area contributed by atoms with E-state index in [9.17, 15) is 18.4 Å². The third-order valence-electron chi connectivity index (χ3n) is 6.19. The Morgan fingerprint density at radius 2 is 1.60 bits per heavy atom. The van der Waals surface area contributed by atoms with Gasteiger partial charge in [-0.3, -0.25) is 14.3 Å². The summed E-state index contributed by atoms with van der Waals surface area (Å²) in [6.45, 7) is 3.56. The molecule has 9 nitrogen and oxygen atoms in total. The summed E-state index contributed by atoms with van der Waals surface area (Å²) < 4.78 is 39.6. The van der Waals surface area contributed by atoms with Crippen LogP contribution >= 0.6 is 0 Å². The van der Waals surface area contributed by atoms with E-state index in [0.717, 1.165) is 0 Å². The number of halogens is 2. The van der Waals surface area contributed by atoms with Gasteiger partial charge in [-0.1, -0.05) is 31.2 Å². The summed E-state index contributed by atoms with van der Waals surface area (Å²) in [7, 11) is 3.08. The van der Waals surface area contributed by atoms with E-state index in [0.29, 0.717) is 29.2 Å². The minimum absolute atomic E-state index is 0.0699. The summed E-state index contributed by atoms with van der Waals surface area (Å²) in [6.07, 6.45) is 2.12. The van der Waals surface area contributed by atoms with E-state index in [-0.39, 0.29) is 23.6 Å². The molecule has 1 amide bonds. The number of nitrogens with one attached hydrogen (secondary N) is 1. The van der Waals surface area contributed by atoms with Gasteiger partial charge in [0.25, 0.3) is 5.91 Å². The van der Waals surface area contributed by atoms with Crippen molar-refractivity contribution in [1.29, 1.82) is 0 Å². The number of methoxy groups -OCH3 is 1. The molecular weight excluding hydrogens is 520 g/mol. The Labute approximate surface area is 230 Å². The number of aryl methyl sites for hydroxylation is 1. The highest BCUT2D eigenvalue weighted by molar-refractivity contribution is 5.96. The van der Waals surface area contributed by atoms with Crippen LogP contribution in [0.2, 0.25) is 0 Å². The first-order valence-electron chi connectivity index (χ1n) is 12.7. The highest BCUT2D eigenvalue weighted by Crippen LogP contribution is 2.32. The normalized spacial score (nSPS) is 11.8. The van der Waals surface area contributed by atoms with Crippen molar-refractivity contribution in [2.24, 2.45) is 7.05 Å². The zero-order chi connectivity index (χ0) is 28.8. The zero-order valence-electron chi connectivity index (χ0n) is 22.5. The zero-order valence-corrected chi connectivity index (χ0v) is 22.5. The van der Waals surface area contributed by atoms with Crippen molar-refractivity contribution in [2.75, 3.05) is 7.11 Å². The van der Waals surface area contributed by atoms with E-state index in [1.54, 1.807) is 38.2 Å². The van der Waals surface area contributed by atoms with Gasteiger partial charge in [0.2, 0.25) is 5.75 Å². The number of amides is 1. The topological polar surface area (TPSA) is 108 Å². The van der Waals surface area contributed by atoms with E-state index in [1.807, 2.05) is 6.92 Å². The summed E-state index contributed by atoms with van der Waals surface area (Å²) in [4.78, 5) is 34.3. The van der Waals surface area contributed by atoms with Gasteiger partial charge in [-0.25, -0.2) is 18.7 Å². The van der Waals surface area contributed by atoms with Gasteiger partial charge < -0.3 is 14.8 Å². The van der Waals surface area contributed by atoms with Gasteiger partial charge in [0.05, 0.1) is 19.1 Å². The quantitative estimate of drug-likeness (QED) is 0.281. The van der Waals surface area contributed by atoms with Gasteiger partial charge in [-0.15, -0.1) is 0 Å². The van der Waals surface area contributed by atoms with E-state index >= 15 is 0 Å². The Balaban J connectivity index is 1.64. The fourth-order valence-electron chi connectivity index (χ4n) is 4.27. The third-order valence-corrected chi connectivity index (χ3v) is 6.19. The van der Waals surface area contributed by atoms with Crippen molar-refractivity contribution in [3.05, 3.63) is 101 Å². The molecule has 2 aromatic heterocycles. The van der Waals surface area contributed by atoms with Gasteiger partial charge in [0.1, 0.15) is 17.5 Å². The lowest BCUT2D eigenvalue weighted by molar-refractivity contribution is -0.134. The number of hydrogen-bond donors (Lipinski definition) is 1. The van der Waals surface area contributed by atoms with Crippen LogP contribution in [0.5, 0.6) is 11.5 Å². The number of benzene rings is 2. The van der Waals surface area contributed by atoms with E-state index in [4.69, 9.17) is 14.5 Å². The molecule has 1 atom stereocenters. The molecule has 0 radical (unpaired) electrons. The molecule has 4 rings (SSSR count). The number of ether oxygens (including phenoxy) is 2. The van der Waals surface area contributed by atoms with Gasteiger partial charge in [0, 0.05) is 25.7 Å². The molecule has 0 saturated carbocycles. The fourth-order valence-corrected chi connectivity index (χ4v) is 4.27. The molecule has 40 heavy (non-hydrogen) atoms. The number of nitrogens with zero attached hydrogens (tertiary/aromatic N) is 4. The molecule has 2 heterocycles. The average molecular weight is 550 g/mol. The number of hydrogen-bond acceptors (Lipinski definition) is 7. The molecule has 4 aromatic rings. The number of rotatable bonds is 10. The lowest BCUT2D eigenvalue weighted by atomic mass is 9.90. The molecule has 0 fully saturated rings. The van der Waals surface area contributed by atoms with E-state index < -0.39 is 35.5 Å². The summed E-state index contributed by atoms with van der Waals surface area (Å²) in [5.74, 6) is -1.49. The Bertz CT molecular complexity index is 1440. The van der Waals surface area contributed by atoms with Crippen LogP contribution in [0.25, 0.3) is 0 Å². The van der Waals surface area contributed by atoms with Crippen molar-refractivity contribution in [2.45, 2.75) is 38.6 Å². The predicted molar refractivity (Wildman–Crippen MR) is 142 cm³/mol. The molecule has 0 spiro atoms. The second-order valence-corrected chi connectivity index (χ2v) is 9.10. The highest BCUT2D eigenvalue weighted by Gasteiger charge is 2.27. The van der Waals surface area contributed by atoms with Crippen LogP contribution in [0.3, 0.4) is 0 Å². The second kappa shape index (κ2) is 12.5. The second-order valence-electron chi connectivity index (χ2n) is 9.10. The molecule has 1 N–H and O–H groups in total. The smallest absolute Gasteiger partial charge is 0.311 e. The minimum atomic E-state index is -0.645. The lowest BCUT2D eigenvalue weighted by Crippen LogP contribution is -2.30. The molecular formula is C29H29F2N5O4. The average Bonchev–Trinajstić information content (AvgIpc) is 3.32. The van der Waals surface area contributed by atoms with Crippen molar-refractivity contribution < 1.29 is 27.8 Å². The summed E-state index contributed by atoms with van der Waals surface area (Å²) >= 11 is 0. The fraction of sp³-hybridized carbons (Fsp3) is 0.276. The number of aromatic nitrogens is 4. The molecule has 0 bridgehead atoms. The SMILES string of the molecule is CCCC(=O)Oc1c(OC)ccnc1C(=O)N[C@@H](C)c1nc(C(c2ccc(F)cc2)c2ccc(F)cc2)nn1C. The van der Waals surface area contributed by atoms with Crippen molar-refractivity contribution in [3.8, 4) is 11.5 Å². The summed E-state index contributed by atoms with van der Waals surface area (Å²) in [6, 6.07) is 12.7. The van der Waals surface area contributed by atoms with Crippen LogP contribution in [0, 0.1) is 11.6 Å². The van der Waals surface area contributed by atoms with Crippen LogP contribution in [-0.2, 0) is 11.8 Å². The number of carbonyl (C=O) groups excluding carboxylic acids is 2. The molecule has 0 aliphatic rings. The lowest BCUT2D eigenvalue weighted by Gasteiger charge is -2.16. The first kappa shape index (κ1) is 28.3. The number of pyridine rings is 1. The molecule has 2 aromatic carbocycles. The Morgan fingerprint density at radius 3 is 2.15 bits per heavy atom. The Hall–Kier alpha value is -4.67. The van der Waals surface area contributed by atoms with E-state index in [1.165, 1.54) is 48.3 Å². The first-order chi connectivity index (χ1) is 19.2. The maximum atomic E-state index is 13.7. The van der Waals surface area contributed by atoms with Crippen molar-refractivity contribution in [3.63, 3.8) is 0 Å². The standard InChI is InChI=1S/C29H29F2N5O4/c1-5-6-23(37)40-26-22(39-4)15-16-32-25(26)29(38)33-17(2)28-34-27(35-36(28)3)24(18-7-11-20(30)12-8-18)19-9-13-21(31)14-10-19/h7-17,24H,5-6H2,1-4H3,(H,33,38)/t17-/m0/s1. The summed E-state index contributed by atoms with van der Waals surface area (Å²) in [5, 5.41) is 7.40. The van der Waals surface area contributed by atoms with Crippen LogP contribution in [0.4, 0.5) is 8.78 Å².